The molecule has 0 spiro atoms. The second-order valence-corrected chi connectivity index (χ2v) is 8.31. The number of amides is 2. The summed E-state index contributed by atoms with van der Waals surface area (Å²) in [6.45, 7) is 5.85. The lowest BCUT2D eigenvalue weighted by molar-refractivity contribution is 0.0525. The molecule has 1 unspecified atom stereocenters. The van der Waals surface area contributed by atoms with Crippen LogP contribution in [0.1, 0.15) is 26.3 Å². The van der Waals surface area contributed by atoms with Crippen LogP contribution in [-0.2, 0) is 16.1 Å². The van der Waals surface area contributed by atoms with E-state index in [-0.39, 0.29) is 19.7 Å². The summed E-state index contributed by atoms with van der Waals surface area (Å²) < 4.78 is 11.2. The number of nitrogens with zero attached hydrogens (tertiary/aromatic N) is 2. The van der Waals surface area contributed by atoms with Crippen LogP contribution < -0.4 is 16.0 Å². The maximum absolute atomic E-state index is 12.0. The predicted octanol–water partition coefficient (Wildman–Crippen LogP) is 3.47. The van der Waals surface area contributed by atoms with Gasteiger partial charge in [-0.25, -0.2) is 19.6 Å². The Bertz CT molecular complexity index is 812. The molecule has 1 atom stereocenters. The number of hydrogen-bond acceptors (Lipinski definition) is 7. The quantitative estimate of drug-likeness (QED) is 0.530. The third kappa shape index (κ3) is 9.55. The number of halogens is 1. The second-order valence-electron chi connectivity index (χ2n) is 7.39. The van der Waals surface area contributed by atoms with E-state index >= 15 is 0 Å². The molecule has 2 aromatic rings. The fourth-order valence-electron chi connectivity index (χ4n) is 2.25. The third-order valence-electron chi connectivity index (χ3n) is 3.55. The normalized spacial score (nSPS) is 11.9. The molecule has 0 bridgehead atoms. The van der Waals surface area contributed by atoms with Crippen molar-refractivity contribution in [2.24, 2.45) is 0 Å². The highest BCUT2D eigenvalue weighted by atomic mass is 79.9. The lowest BCUT2D eigenvalue weighted by Gasteiger charge is -2.23. The number of hydrogen-bond donors (Lipinski definition) is 3. The van der Waals surface area contributed by atoms with Gasteiger partial charge in [-0.2, -0.15) is 0 Å². The number of carbonyl (C=O) groups is 2. The highest BCUT2D eigenvalue weighted by molar-refractivity contribution is 9.10. The standard InChI is InChI=1S/C20H26BrN5O4/c1-20(2,3)30-19(28)25-12-16(26-17-22-9-15(21)10-23-17)11-24-18(27)29-13-14-7-5-4-6-8-14/h4-10,16H,11-13H2,1-3H3,(H,24,27)(H,25,28)(H,22,23,26). The average Bonchev–Trinajstić information content (AvgIpc) is 2.69. The lowest BCUT2D eigenvalue weighted by atomic mass is 10.2. The number of anilines is 1. The third-order valence-corrected chi connectivity index (χ3v) is 3.96. The molecule has 0 aliphatic rings. The summed E-state index contributed by atoms with van der Waals surface area (Å²) in [6.07, 6.45) is 2.06. The summed E-state index contributed by atoms with van der Waals surface area (Å²) in [7, 11) is 0. The van der Waals surface area contributed by atoms with Crippen molar-refractivity contribution in [1.29, 1.82) is 0 Å². The topological polar surface area (TPSA) is 114 Å². The number of benzene rings is 1. The Morgan fingerprint density at radius 2 is 1.63 bits per heavy atom. The van der Waals surface area contributed by atoms with Crippen molar-refractivity contribution in [3.05, 3.63) is 52.8 Å². The molecule has 2 amide bonds. The molecule has 9 nitrogen and oxygen atoms in total. The van der Waals surface area contributed by atoms with Crippen molar-refractivity contribution >= 4 is 34.1 Å². The van der Waals surface area contributed by atoms with Gasteiger partial charge in [0.25, 0.3) is 0 Å². The summed E-state index contributed by atoms with van der Waals surface area (Å²) in [4.78, 5) is 32.3. The summed E-state index contributed by atoms with van der Waals surface area (Å²) in [5.74, 6) is 0.355. The largest absolute Gasteiger partial charge is 0.445 e. The number of nitrogens with one attached hydrogen (secondary N) is 3. The van der Waals surface area contributed by atoms with Crippen LogP contribution in [0.2, 0.25) is 0 Å². The molecule has 0 fully saturated rings. The van der Waals surface area contributed by atoms with Gasteiger partial charge < -0.3 is 25.4 Å². The molecule has 0 aliphatic carbocycles. The molecule has 162 valence electrons. The van der Waals surface area contributed by atoms with E-state index in [1.54, 1.807) is 33.2 Å². The molecule has 30 heavy (non-hydrogen) atoms. The average molecular weight is 480 g/mol. The molecule has 0 aliphatic heterocycles. The Balaban J connectivity index is 1.88. The van der Waals surface area contributed by atoms with Crippen LogP contribution in [0.4, 0.5) is 15.5 Å². The number of aromatic nitrogens is 2. The van der Waals surface area contributed by atoms with Crippen LogP contribution in [0.15, 0.2) is 47.2 Å². The van der Waals surface area contributed by atoms with Crippen LogP contribution in [0.5, 0.6) is 0 Å². The molecule has 3 N–H and O–H groups in total. The van der Waals surface area contributed by atoms with Gasteiger partial charge >= 0.3 is 12.2 Å². The van der Waals surface area contributed by atoms with E-state index in [0.29, 0.717) is 5.95 Å². The minimum Gasteiger partial charge on any atom is -0.445 e. The molecular formula is C20H26BrN5O4. The molecule has 0 saturated heterocycles. The van der Waals surface area contributed by atoms with Crippen molar-refractivity contribution in [2.75, 3.05) is 18.4 Å². The Morgan fingerprint density at radius 1 is 1.03 bits per heavy atom. The zero-order chi connectivity index (χ0) is 22.0. The number of alkyl carbamates (subject to hydrolysis) is 2. The van der Waals surface area contributed by atoms with Crippen LogP contribution in [-0.4, -0.2) is 46.9 Å². The maximum atomic E-state index is 12.0. The van der Waals surface area contributed by atoms with Gasteiger partial charge in [0.2, 0.25) is 5.95 Å². The van der Waals surface area contributed by atoms with E-state index in [9.17, 15) is 9.59 Å². The fourth-order valence-corrected chi connectivity index (χ4v) is 2.45. The summed E-state index contributed by atoms with van der Waals surface area (Å²) in [5.41, 5.74) is 0.276. The van der Waals surface area contributed by atoms with Crippen LogP contribution in [0.25, 0.3) is 0 Å². The van der Waals surface area contributed by atoms with Gasteiger partial charge in [0.15, 0.2) is 0 Å². The van der Waals surface area contributed by atoms with E-state index in [1.165, 1.54) is 0 Å². The molecule has 10 heteroatoms. The van der Waals surface area contributed by atoms with Gasteiger partial charge in [-0.05, 0) is 42.3 Å². The van der Waals surface area contributed by atoms with E-state index in [2.05, 4.69) is 41.8 Å². The first-order valence-corrected chi connectivity index (χ1v) is 10.2. The second kappa shape index (κ2) is 11.3. The Hall–Kier alpha value is -2.88. The highest BCUT2D eigenvalue weighted by Crippen LogP contribution is 2.09. The van der Waals surface area contributed by atoms with Crippen LogP contribution in [0, 0.1) is 0 Å². The SMILES string of the molecule is CC(C)(C)OC(=O)NCC(CNC(=O)OCc1ccccc1)Nc1ncc(Br)cn1. The smallest absolute Gasteiger partial charge is 0.407 e. The van der Waals surface area contributed by atoms with Gasteiger partial charge in [0, 0.05) is 25.5 Å². The van der Waals surface area contributed by atoms with E-state index in [4.69, 9.17) is 9.47 Å². The molecule has 0 saturated carbocycles. The first kappa shape index (κ1) is 23.4. The van der Waals surface area contributed by atoms with Gasteiger partial charge in [0.1, 0.15) is 12.2 Å². The minimum atomic E-state index is -0.610. The summed E-state index contributed by atoms with van der Waals surface area (Å²) in [6, 6.07) is 8.97. The highest BCUT2D eigenvalue weighted by Gasteiger charge is 2.18. The molecule has 1 heterocycles. The van der Waals surface area contributed by atoms with Crippen LogP contribution in [0.3, 0.4) is 0 Å². The predicted molar refractivity (Wildman–Crippen MR) is 116 cm³/mol. The molecule has 2 rings (SSSR count). The Kier molecular flexibility index (Phi) is 8.85. The van der Waals surface area contributed by atoms with Crippen molar-refractivity contribution < 1.29 is 19.1 Å². The summed E-state index contributed by atoms with van der Waals surface area (Å²) in [5, 5.41) is 8.42. The van der Waals surface area contributed by atoms with Crippen molar-refractivity contribution in [3.63, 3.8) is 0 Å². The zero-order valence-corrected chi connectivity index (χ0v) is 18.7. The number of carbonyl (C=O) groups excluding carboxylic acids is 2. The molecule has 1 aromatic carbocycles. The van der Waals surface area contributed by atoms with Crippen LogP contribution >= 0.6 is 15.9 Å². The van der Waals surface area contributed by atoms with Gasteiger partial charge in [-0.1, -0.05) is 30.3 Å². The van der Waals surface area contributed by atoms with Crippen molar-refractivity contribution in [2.45, 2.75) is 39.0 Å². The van der Waals surface area contributed by atoms with E-state index < -0.39 is 23.8 Å². The monoisotopic (exact) mass is 479 g/mol. The molecule has 1 aromatic heterocycles. The maximum Gasteiger partial charge on any atom is 0.407 e. The van der Waals surface area contributed by atoms with Gasteiger partial charge in [0.05, 0.1) is 10.5 Å². The lowest BCUT2D eigenvalue weighted by Crippen LogP contribution is -2.45. The number of ether oxygens (including phenoxy) is 2. The van der Waals surface area contributed by atoms with E-state index in [0.717, 1.165) is 10.0 Å². The zero-order valence-electron chi connectivity index (χ0n) is 17.1. The first-order chi connectivity index (χ1) is 14.2. The van der Waals surface area contributed by atoms with E-state index in [1.807, 2.05) is 30.3 Å². The van der Waals surface area contributed by atoms with Crippen molar-refractivity contribution in [3.8, 4) is 0 Å². The van der Waals surface area contributed by atoms with Crippen molar-refractivity contribution in [1.82, 2.24) is 20.6 Å². The number of rotatable bonds is 8. The van der Waals surface area contributed by atoms with Gasteiger partial charge in [-0.3, -0.25) is 0 Å². The first-order valence-electron chi connectivity index (χ1n) is 9.37. The summed E-state index contributed by atoms with van der Waals surface area (Å²) >= 11 is 3.28. The Labute approximate surface area is 184 Å². The Morgan fingerprint density at radius 3 is 2.23 bits per heavy atom. The fraction of sp³-hybridized carbons (Fsp3) is 0.400. The minimum absolute atomic E-state index is 0.163. The molecule has 0 radical (unpaired) electrons. The van der Waals surface area contributed by atoms with Gasteiger partial charge in [-0.15, -0.1) is 0 Å². The molecular weight excluding hydrogens is 454 g/mol.